The largest absolute Gasteiger partial charge is 0.369 e. The van der Waals surface area contributed by atoms with Crippen LogP contribution in [0.4, 0.5) is 11.4 Å². The number of benzene rings is 4. The molecular formula is C39H52N6O. The molecule has 2 aliphatic heterocycles. The molecule has 2 aliphatic rings. The number of carbonyl (C=O) groups is 1. The van der Waals surface area contributed by atoms with Crippen molar-refractivity contribution in [1.29, 1.82) is 0 Å². The van der Waals surface area contributed by atoms with Gasteiger partial charge in [0.2, 0.25) is 5.91 Å². The van der Waals surface area contributed by atoms with Crippen molar-refractivity contribution in [3.8, 4) is 0 Å². The number of anilines is 2. The molecule has 0 aliphatic carbocycles. The second-order valence-corrected chi connectivity index (χ2v) is 12.2. The number of nitrogens with zero attached hydrogens (tertiary/aromatic N) is 4. The summed E-state index contributed by atoms with van der Waals surface area (Å²) in [5.41, 5.74) is 13.4. The SMILES string of the molecule is CCC(=O)NCc1ccc(CN2CCN(c3ccccc3)CC2)cc1.NCc1ccc(CN2CCN(c3ccccc3)CC2)cc1.[HH]. The van der Waals surface area contributed by atoms with Gasteiger partial charge in [-0.1, -0.05) is 91.9 Å². The summed E-state index contributed by atoms with van der Waals surface area (Å²) in [7, 11) is 0. The molecule has 4 aromatic rings. The fourth-order valence-corrected chi connectivity index (χ4v) is 5.99. The molecule has 2 saturated heterocycles. The smallest absolute Gasteiger partial charge is 0.219 e. The van der Waals surface area contributed by atoms with Crippen LogP contribution in [0.2, 0.25) is 0 Å². The number of nitrogens with two attached hydrogens (primary N) is 1. The van der Waals surface area contributed by atoms with Gasteiger partial charge >= 0.3 is 0 Å². The van der Waals surface area contributed by atoms with E-state index in [0.717, 1.165) is 71.0 Å². The number of nitrogens with one attached hydrogen (secondary N) is 1. The van der Waals surface area contributed by atoms with Crippen molar-refractivity contribution in [2.75, 3.05) is 62.2 Å². The highest BCUT2D eigenvalue weighted by Gasteiger charge is 2.18. The molecule has 0 atom stereocenters. The first-order valence-corrected chi connectivity index (χ1v) is 16.8. The van der Waals surface area contributed by atoms with Gasteiger partial charge in [-0.05, 0) is 46.5 Å². The molecule has 3 N–H and O–H groups in total. The Morgan fingerprint density at radius 3 is 1.37 bits per heavy atom. The summed E-state index contributed by atoms with van der Waals surface area (Å²) in [4.78, 5) is 21.3. The number of rotatable bonds is 10. The van der Waals surface area contributed by atoms with E-state index in [4.69, 9.17) is 5.73 Å². The first kappa shape index (κ1) is 33.2. The fourth-order valence-electron chi connectivity index (χ4n) is 5.99. The number of para-hydroxylation sites is 2. The molecule has 1 amide bonds. The summed E-state index contributed by atoms with van der Waals surface area (Å²) in [5, 5.41) is 2.92. The molecule has 0 radical (unpaired) electrons. The van der Waals surface area contributed by atoms with E-state index in [1.54, 1.807) is 0 Å². The van der Waals surface area contributed by atoms with Crippen LogP contribution < -0.4 is 20.9 Å². The third-order valence-electron chi connectivity index (χ3n) is 8.89. The van der Waals surface area contributed by atoms with Crippen molar-refractivity contribution in [1.82, 2.24) is 15.1 Å². The summed E-state index contributed by atoms with van der Waals surface area (Å²) < 4.78 is 0. The first-order valence-electron chi connectivity index (χ1n) is 16.8. The van der Waals surface area contributed by atoms with E-state index in [-0.39, 0.29) is 7.33 Å². The first-order chi connectivity index (χ1) is 22.6. The lowest BCUT2D eigenvalue weighted by molar-refractivity contribution is -0.120. The Labute approximate surface area is 277 Å². The lowest BCUT2D eigenvalue weighted by atomic mass is 10.1. The highest BCUT2D eigenvalue weighted by Crippen LogP contribution is 2.18. The zero-order valence-corrected chi connectivity index (χ0v) is 27.4. The molecule has 7 nitrogen and oxygen atoms in total. The van der Waals surface area contributed by atoms with E-state index >= 15 is 0 Å². The van der Waals surface area contributed by atoms with E-state index in [0.29, 0.717) is 19.5 Å². The maximum absolute atomic E-state index is 11.3. The molecule has 4 aromatic carbocycles. The number of carbonyl (C=O) groups excluding carboxylic acids is 1. The van der Waals surface area contributed by atoms with Gasteiger partial charge < -0.3 is 20.9 Å². The third kappa shape index (κ3) is 10.2. The van der Waals surface area contributed by atoms with Gasteiger partial charge in [-0.15, -0.1) is 0 Å². The van der Waals surface area contributed by atoms with Crippen LogP contribution in [-0.2, 0) is 31.0 Å². The predicted molar refractivity (Wildman–Crippen MR) is 193 cm³/mol. The zero-order valence-electron chi connectivity index (χ0n) is 27.4. The highest BCUT2D eigenvalue weighted by atomic mass is 16.1. The maximum Gasteiger partial charge on any atom is 0.219 e. The zero-order chi connectivity index (χ0) is 32.0. The minimum Gasteiger partial charge on any atom is -0.369 e. The van der Waals surface area contributed by atoms with Crippen molar-refractivity contribution >= 4 is 17.3 Å². The average Bonchev–Trinajstić information content (AvgIpc) is 3.13. The summed E-state index contributed by atoms with van der Waals surface area (Å²) in [6.07, 6.45) is 0.535. The van der Waals surface area contributed by atoms with Crippen LogP contribution in [0, 0.1) is 0 Å². The van der Waals surface area contributed by atoms with E-state index in [2.05, 4.69) is 134 Å². The third-order valence-corrected chi connectivity index (χ3v) is 8.89. The van der Waals surface area contributed by atoms with Gasteiger partial charge in [0.25, 0.3) is 0 Å². The van der Waals surface area contributed by atoms with Gasteiger partial charge in [0.15, 0.2) is 0 Å². The summed E-state index contributed by atoms with van der Waals surface area (Å²) >= 11 is 0. The van der Waals surface area contributed by atoms with Crippen molar-refractivity contribution in [2.45, 2.75) is 39.5 Å². The monoisotopic (exact) mass is 620 g/mol. The van der Waals surface area contributed by atoms with Crippen LogP contribution in [0.3, 0.4) is 0 Å². The molecular weight excluding hydrogens is 568 g/mol. The number of piperazine rings is 2. The van der Waals surface area contributed by atoms with Crippen LogP contribution in [0.5, 0.6) is 0 Å². The quantitative estimate of drug-likeness (QED) is 0.236. The Morgan fingerprint density at radius 1 is 0.587 bits per heavy atom. The molecule has 2 heterocycles. The molecule has 244 valence electrons. The van der Waals surface area contributed by atoms with Crippen molar-refractivity contribution in [2.24, 2.45) is 5.73 Å². The van der Waals surface area contributed by atoms with Gasteiger partial charge in [-0.2, -0.15) is 0 Å². The Bertz CT molecular complexity index is 1440. The molecule has 0 spiro atoms. The van der Waals surface area contributed by atoms with E-state index in [9.17, 15) is 4.79 Å². The number of hydrogen-bond acceptors (Lipinski definition) is 6. The fraction of sp³-hybridized carbons (Fsp3) is 0.359. The van der Waals surface area contributed by atoms with E-state index in [1.165, 1.54) is 28.1 Å². The molecule has 6 rings (SSSR count). The van der Waals surface area contributed by atoms with Crippen molar-refractivity contribution < 1.29 is 6.22 Å². The average molecular weight is 621 g/mol. The second-order valence-electron chi connectivity index (χ2n) is 12.2. The number of hydrogen-bond donors (Lipinski definition) is 2. The number of amides is 1. The van der Waals surface area contributed by atoms with Gasteiger partial charge in [-0.25, -0.2) is 0 Å². The van der Waals surface area contributed by atoms with Gasteiger partial charge in [-0.3, -0.25) is 14.6 Å². The molecule has 0 unspecified atom stereocenters. The molecule has 0 saturated carbocycles. The topological polar surface area (TPSA) is 68.1 Å². The van der Waals surface area contributed by atoms with Crippen molar-refractivity contribution in [3.05, 3.63) is 131 Å². The van der Waals surface area contributed by atoms with Gasteiger partial charge in [0, 0.05) is 97.8 Å². The highest BCUT2D eigenvalue weighted by molar-refractivity contribution is 5.75. The summed E-state index contributed by atoms with van der Waals surface area (Å²) in [6.45, 7) is 13.9. The molecule has 0 bridgehead atoms. The standard InChI is InChI=1S/C21H27N3O.C18H23N3.H2/c1-2-21(25)22-16-18-8-10-19(11-9-18)17-23-12-14-24(15-13-23)20-6-4-3-5-7-20;19-14-16-6-8-17(9-7-16)15-20-10-12-21(13-11-20)18-4-2-1-3-5-18;/h3-11H,2,12-17H2,1H3,(H,22,25);1-9H,10-15,19H2;1H. The normalized spacial score (nSPS) is 15.6. The van der Waals surface area contributed by atoms with E-state index in [1.807, 2.05) is 6.92 Å². The van der Waals surface area contributed by atoms with Crippen LogP contribution >= 0.6 is 0 Å². The van der Waals surface area contributed by atoms with Crippen LogP contribution in [0.15, 0.2) is 109 Å². The van der Waals surface area contributed by atoms with E-state index < -0.39 is 0 Å². The Hall–Kier alpha value is -4.17. The van der Waals surface area contributed by atoms with Gasteiger partial charge in [0.05, 0.1) is 0 Å². The molecule has 46 heavy (non-hydrogen) atoms. The Balaban J connectivity index is 0.000000211. The van der Waals surface area contributed by atoms with Crippen LogP contribution in [-0.4, -0.2) is 68.1 Å². The Morgan fingerprint density at radius 2 is 0.978 bits per heavy atom. The molecule has 7 heteroatoms. The predicted octanol–water partition coefficient (Wildman–Crippen LogP) is 5.75. The minimum atomic E-state index is 0. The van der Waals surface area contributed by atoms with Crippen LogP contribution in [0.1, 0.15) is 37.0 Å². The molecule has 0 aromatic heterocycles. The Kier molecular flexibility index (Phi) is 12.6. The summed E-state index contributed by atoms with van der Waals surface area (Å²) in [5.74, 6) is 0.0976. The molecule has 2 fully saturated rings. The van der Waals surface area contributed by atoms with Crippen LogP contribution in [0.25, 0.3) is 0 Å². The lowest BCUT2D eigenvalue weighted by Gasteiger charge is -2.36. The minimum absolute atomic E-state index is 0. The van der Waals surface area contributed by atoms with Gasteiger partial charge in [0.1, 0.15) is 0 Å². The second kappa shape index (κ2) is 17.5. The maximum atomic E-state index is 11.3. The summed E-state index contributed by atoms with van der Waals surface area (Å²) in [6, 6.07) is 38.6. The van der Waals surface area contributed by atoms with Crippen molar-refractivity contribution in [3.63, 3.8) is 0 Å². The lowest BCUT2D eigenvalue weighted by Crippen LogP contribution is -2.45.